The number of amides is 1. The van der Waals surface area contributed by atoms with Gasteiger partial charge in [0.05, 0.1) is 11.1 Å². The van der Waals surface area contributed by atoms with Crippen LogP contribution in [0, 0.1) is 5.82 Å². The second kappa shape index (κ2) is 8.18. The quantitative estimate of drug-likeness (QED) is 0.674. The molecule has 8 heteroatoms. The summed E-state index contributed by atoms with van der Waals surface area (Å²) in [6.45, 7) is 5.44. The summed E-state index contributed by atoms with van der Waals surface area (Å²) in [5.74, 6) is 0.603. The molecule has 0 aliphatic carbocycles. The van der Waals surface area contributed by atoms with Gasteiger partial charge in [-0.15, -0.1) is 11.3 Å². The van der Waals surface area contributed by atoms with Gasteiger partial charge >= 0.3 is 0 Å². The van der Waals surface area contributed by atoms with Gasteiger partial charge in [-0.3, -0.25) is 4.79 Å². The molecule has 4 rings (SSSR count). The molecule has 1 amide bonds. The lowest BCUT2D eigenvalue weighted by Crippen LogP contribution is -2.50. The third-order valence-corrected chi connectivity index (χ3v) is 6.60. The molecular weight excluding hydrogens is 401 g/mol. The van der Waals surface area contributed by atoms with E-state index in [0.717, 1.165) is 31.9 Å². The van der Waals surface area contributed by atoms with Crippen LogP contribution in [0.25, 0.3) is 10.6 Å². The molecule has 1 fully saturated rings. The SMILES string of the molecule is Cn1ccnc1N1CCC(NC(=O)C(C)(C)c2csc(-c3ccccc3F)n2)CC1. The van der Waals surface area contributed by atoms with Crippen LogP contribution in [0.15, 0.2) is 42.0 Å². The van der Waals surface area contributed by atoms with Gasteiger partial charge in [0.1, 0.15) is 10.8 Å². The smallest absolute Gasteiger partial charge is 0.231 e. The number of hydrogen-bond acceptors (Lipinski definition) is 5. The third-order valence-electron chi connectivity index (χ3n) is 5.73. The number of carbonyl (C=O) groups excluding carboxylic acids is 1. The minimum atomic E-state index is -0.795. The summed E-state index contributed by atoms with van der Waals surface area (Å²) in [5, 5.41) is 5.64. The van der Waals surface area contributed by atoms with Crippen molar-refractivity contribution in [2.75, 3.05) is 18.0 Å². The summed E-state index contributed by atoms with van der Waals surface area (Å²) in [6.07, 6.45) is 5.47. The van der Waals surface area contributed by atoms with Crippen molar-refractivity contribution in [2.45, 2.75) is 38.1 Å². The van der Waals surface area contributed by atoms with Crippen molar-refractivity contribution < 1.29 is 9.18 Å². The molecule has 1 saturated heterocycles. The average molecular weight is 428 g/mol. The molecule has 6 nitrogen and oxygen atoms in total. The number of nitrogens with zero attached hydrogens (tertiary/aromatic N) is 4. The largest absolute Gasteiger partial charge is 0.352 e. The first-order valence-corrected chi connectivity index (χ1v) is 11.0. The van der Waals surface area contributed by atoms with Crippen LogP contribution in [0.3, 0.4) is 0 Å². The van der Waals surface area contributed by atoms with Crippen molar-refractivity contribution in [3.63, 3.8) is 0 Å². The monoisotopic (exact) mass is 427 g/mol. The van der Waals surface area contributed by atoms with E-state index in [1.165, 1.54) is 17.4 Å². The summed E-state index contributed by atoms with van der Waals surface area (Å²) < 4.78 is 16.1. The van der Waals surface area contributed by atoms with Gasteiger partial charge in [-0.05, 0) is 38.8 Å². The zero-order valence-electron chi connectivity index (χ0n) is 17.4. The van der Waals surface area contributed by atoms with Crippen molar-refractivity contribution in [3.8, 4) is 10.6 Å². The van der Waals surface area contributed by atoms with Gasteiger partial charge in [-0.25, -0.2) is 14.4 Å². The summed E-state index contributed by atoms with van der Waals surface area (Å²) >= 11 is 1.36. The molecule has 0 bridgehead atoms. The fourth-order valence-corrected chi connectivity index (χ4v) is 4.70. The van der Waals surface area contributed by atoms with Gasteiger partial charge in [-0.2, -0.15) is 0 Å². The lowest BCUT2D eigenvalue weighted by atomic mass is 9.88. The van der Waals surface area contributed by atoms with E-state index in [1.54, 1.807) is 24.4 Å². The number of halogens is 1. The topological polar surface area (TPSA) is 63.1 Å². The second-order valence-electron chi connectivity index (χ2n) is 8.22. The Hall–Kier alpha value is -2.74. The Bertz CT molecular complexity index is 1040. The number of nitrogens with one attached hydrogen (secondary N) is 1. The van der Waals surface area contributed by atoms with Crippen molar-refractivity contribution in [2.24, 2.45) is 7.05 Å². The number of aromatic nitrogens is 3. The number of carbonyl (C=O) groups is 1. The molecule has 0 radical (unpaired) electrons. The Morgan fingerprint density at radius 2 is 2.00 bits per heavy atom. The third kappa shape index (κ3) is 3.96. The van der Waals surface area contributed by atoms with E-state index in [0.29, 0.717) is 16.3 Å². The molecule has 1 aliphatic rings. The van der Waals surface area contributed by atoms with Gasteiger partial charge in [0.25, 0.3) is 0 Å². The highest BCUT2D eigenvalue weighted by Gasteiger charge is 2.34. The number of anilines is 1. The number of imidazole rings is 1. The molecule has 3 heterocycles. The van der Waals surface area contributed by atoms with Crippen LogP contribution in [0.5, 0.6) is 0 Å². The maximum atomic E-state index is 14.1. The Balaban J connectivity index is 1.40. The first-order chi connectivity index (χ1) is 14.4. The highest BCUT2D eigenvalue weighted by atomic mass is 32.1. The van der Waals surface area contributed by atoms with Gasteiger partial charge < -0.3 is 14.8 Å². The molecule has 0 atom stereocenters. The van der Waals surface area contributed by atoms with E-state index in [-0.39, 0.29) is 17.8 Å². The first-order valence-electron chi connectivity index (χ1n) is 10.1. The minimum absolute atomic E-state index is 0.0525. The predicted molar refractivity (Wildman–Crippen MR) is 117 cm³/mol. The lowest BCUT2D eigenvalue weighted by Gasteiger charge is -2.34. The van der Waals surface area contributed by atoms with Crippen LogP contribution >= 0.6 is 11.3 Å². The van der Waals surface area contributed by atoms with E-state index in [1.807, 2.05) is 37.0 Å². The Kier molecular flexibility index (Phi) is 5.60. The molecule has 1 N–H and O–H groups in total. The van der Waals surface area contributed by atoms with Crippen LogP contribution in [0.1, 0.15) is 32.4 Å². The fraction of sp³-hybridized carbons (Fsp3) is 0.409. The molecule has 158 valence electrons. The van der Waals surface area contributed by atoms with Crippen molar-refractivity contribution in [3.05, 3.63) is 53.6 Å². The second-order valence-corrected chi connectivity index (χ2v) is 9.07. The van der Waals surface area contributed by atoms with Gasteiger partial charge in [0.2, 0.25) is 11.9 Å². The predicted octanol–water partition coefficient (Wildman–Crippen LogP) is 3.75. The number of aryl methyl sites for hydroxylation is 1. The molecular formula is C22H26FN5OS. The number of hydrogen-bond donors (Lipinski definition) is 1. The molecule has 2 aromatic heterocycles. The van der Waals surface area contributed by atoms with Gasteiger partial charge in [0.15, 0.2) is 0 Å². The number of piperidine rings is 1. The molecule has 30 heavy (non-hydrogen) atoms. The van der Waals surface area contributed by atoms with Crippen LogP contribution in [-0.4, -0.2) is 39.6 Å². The van der Waals surface area contributed by atoms with E-state index in [9.17, 15) is 9.18 Å². The standard InChI is InChI=1S/C22H26FN5OS/c1-22(2,18-14-30-19(26-18)16-6-4-5-7-17(16)23)20(29)25-15-8-11-28(12-9-15)21-24-10-13-27(21)3/h4-7,10,13-15H,8-9,11-12H2,1-3H3,(H,25,29). The summed E-state index contributed by atoms with van der Waals surface area (Å²) in [5.41, 5.74) is 0.330. The summed E-state index contributed by atoms with van der Waals surface area (Å²) in [7, 11) is 1.99. The fourth-order valence-electron chi connectivity index (χ4n) is 3.69. The molecule has 0 unspecified atom stereocenters. The highest BCUT2D eigenvalue weighted by Crippen LogP contribution is 2.32. The van der Waals surface area contributed by atoms with Crippen molar-refractivity contribution in [1.29, 1.82) is 0 Å². The van der Waals surface area contributed by atoms with Gasteiger partial charge in [-0.1, -0.05) is 12.1 Å². The van der Waals surface area contributed by atoms with E-state index in [2.05, 4.69) is 20.2 Å². The Labute approximate surface area is 179 Å². The van der Waals surface area contributed by atoms with E-state index >= 15 is 0 Å². The zero-order valence-corrected chi connectivity index (χ0v) is 18.2. The average Bonchev–Trinajstić information content (AvgIpc) is 3.39. The lowest BCUT2D eigenvalue weighted by molar-refractivity contribution is -0.126. The maximum absolute atomic E-state index is 14.1. The molecule has 1 aromatic carbocycles. The Morgan fingerprint density at radius 3 is 2.67 bits per heavy atom. The van der Waals surface area contributed by atoms with Crippen LogP contribution in [0.4, 0.5) is 10.3 Å². The van der Waals surface area contributed by atoms with Crippen LogP contribution < -0.4 is 10.2 Å². The maximum Gasteiger partial charge on any atom is 0.231 e. The van der Waals surface area contributed by atoms with Crippen molar-refractivity contribution >= 4 is 23.2 Å². The van der Waals surface area contributed by atoms with Crippen LogP contribution in [0.2, 0.25) is 0 Å². The van der Waals surface area contributed by atoms with Crippen molar-refractivity contribution in [1.82, 2.24) is 19.9 Å². The minimum Gasteiger partial charge on any atom is -0.352 e. The molecule has 1 aliphatic heterocycles. The Morgan fingerprint density at radius 1 is 1.27 bits per heavy atom. The molecule has 0 saturated carbocycles. The van der Waals surface area contributed by atoms with Crippen LogP contribution in [-0.2, 0) is 17.3 Å². The molecule has 3 aromatic rings. The first kappa shape index (κ1) is 20.5. The zero-order chi connectivity index (χ0) is 21.3. The highest BCUT2D eigenvalue weighted by molar-refractivity contribution is 7.13. The number of rotatable bonds is 5. The molecule has 0 spiro atoms. The summed E-state index contributed by atoms with van der Waals surface area (Å²) in [4.78, 5) is 24.3. The van der Waals surface area contributed by atoms with Gasteiger partial charge in [0, 0.05) is 49.5 Å². The summed E-state index contributed by atoms with van der Waals surface area (Å²) in [6, 6.07) is 6.70. The number of benzene rings is 1. The van der Waals surface area contributed by atoms with E-state index in [4.69, 9.17) is 0 Å². The normalized spacial score (nSPS) is 15.4. The van der Waals surface area contributed by atoms with E-state index < -0.39 is 5.41 Å². The number of thiazole rings is 1.